The number of fused-ring (bicyclic) bond motifs is 1. The molecule has 5 heteroatoms. The molecule has 2 heterocycles. The van der Waals surface area contributed by atoms with E-state index in [0.717, 1.165) is 6.29 Å². The van der Waals surface area contributed by atoms with Crippen molar-refractivity contribution in [3.63, 3.8) is 0 Å². The van der Waals surface area contributed by atoms with Crippen molar-refractivity contribution in [3.05, 3.63) is 11.6 Å². The van der Waals surface area contributed by atoms with Crippen LogP contribution in [-0.4, -0.2) is 30.1 Å². The Kier molecular flexibility index (Phi) is 2.87. The molecule has 90 valence electrons. The molecule has 0 aromatic carbocycles. The Morgan fingerprint density at radius 2 is 2.19 bits per heavy atom. The van der Waals surface area contributed by atoms with E-state index in [0.29, 0.717) is 11.5 Å². The van der Waals surface area contributed by atoms with E-state index in [-0.39, 0.29) is 12.5 Å². The molecular formula is C11H15ClO4. The maximum atomic E-state index is 11.1. The molecule has 0 radical (unpaired) electrons. The van der Waals surface area contributed by atoms with Gasteiger partial charge in [-0.2, -0.15) is 0 Å². The molecule has 0 aromatic heterocycles. The summed E-state index contributed by atoms with van der Waals surface area (Å²) in [7, 11) is 0. The Labute approximate surface area is 99.5 Å². The molecule has 2 rings (SSSR count). The van der Waals surface area contributed by atoms with Gasteiger partial charge in [0.15, 0.2) is 18.4 Å². The lowest BCUT2D eigenvalue weighted by molar-refractivity contribution is -0.220. The molecule has 0 aromatic rings. The summed E-state index contributed by atoms with van der Waals surface area (Å²) >= 11 is 5.72. The van der Waals surface area contributed by atoms with Gasteiger partial charge in [-0.25, -0.2) is 0 Å². The zero-order valence-electron chi connectivity index (χ0n) is 9.36. The Hall–Kier alpha value is -0.420. The number of aldehydes is 1. The van der Waals surface area contributed by atoms with Gasteiger partial charge in [-0.05, 0) is 13.8 Å². The largest absolute Gasteiger partial charge is 0.342 e. The summed E-state index contributed by atoms with van der Waals surface area (Å²) in [6.07, 6.45) is 0.806. The smallest absolute Gasteiger partial charge is 0.188 e. The highest BCUT2D eigenvalue weighted by Crippen LogP contribution is 2.43. The Morgan fingerprint density at radius 1 is 1.50 bits per heavy atom. The van der Waals surface area contributed by atoms with Gasteiger partial charge < -0.3 is 19.0 Å². The predicted octanol–water partition coefficient (Wildman–Crippen LogP) is 1.96. The van der Waals surface area contributed by atoms with E-state index in [4.69, 9.17) is 25.8 Å². The fraction of sp³-hybridized carbons (Fsp3) is 0.727. The van der Waals surface area contributed by atoms with Gasteiger partial charge in [0.1, 0.15) is 11.7 Å². The molecule has 2 fully saturated rings. The van der Waals surface area contributed by atoms with Crippen LogP contribution < -0.4 is 0 Å². The van der Waals surface area contributed by atoms with Crippen molar-refractivity contribution in [3.8, 4) is 0 Å². The molecule has 0 bridgehead atoms. The van der Waals surface area contributed by atoms with Crippen LogP contribution in [0.1, 0.15) is 26.7 Å². The number of hydrogen-bond donors (Lipinski definition) is 0. The van der Waals surface area contributed by atoms with Crippen molar-refractivity contribution >= 4 is 17.9 Å². The highest BCUT2D eigenvalue weighted by Gasteiger charge is 2.55. The number of halogens is 1. The molecule has 2 saturated heterocycles. The van der Waals surface area contributed by atoms with Crippen molar-refractivity contribution in [1.82, 2.24) is 0 Å². The standard InChI is InChI=1S/C11H15ClO4/c1-7(12)4-11(6-13)5-8-9(16-11)15-10(2,3)14-8/h6,8-9H,1,4-5H2,2-3H3/t8-,9+,11-/m1/s1. The maximum absolute atomic E-state index is 11.1. The number of ether oxygens (including phenoxy) is 3. The predicted molar refractivity (Wildman–Crippen MR) is 57.9 cm³/mol. The zero-order chi connectivity index (χ0) is 12.0. The van der Waals surface area contributed by atoms with Crippen LogP contribution in [0.15, 0.2) is 11.6 Å². The molecule has 0 N–H and O–H groups in total. The topological polar surface area (TPSA) is 44.8 Å². The van der Waals surface area contributed by atoms with Gasteiger partial charge in [-0.15, -0.1) is 0 Å². The van der Waals surface area contributed by atoms with Crippen LogP contribution in [0.4, 0.5) is 0 Å². The van der Waals surface area contributed by atoms with E-state index < -0.39 is 17.7 Å². The lowest BCUT2D eigenvalue weighted by Gasteiger charge is -2.26. The minimum Gasteiger partial charge on any atom is -0.342 e. The van der Waals surface area contributed by atoms with Crippen molar-refractivity contribution in [2.24, 2.45) is 0 Å². The summed E-state index contributed by atoms with van der Waals surface area (Å²) in [5.41, 5.74) is -0.940. The van der Waals surface area contributed by atoms with Crippen molar-refractivity contribution in [2.75, 3.05) is 0 Å². The number of carbonyl (C=O) groups is 1. The van der Waals surface area contributed by atoms with E-state index in [9.17, 15) is 4.79 Å². The molecule has 16 heavy (non-hydrogen) atoms. The second kappa shape index (κ2) is 3.81. The third-order valence-corrected chi connectivity index (χ3v) is 2.88. The molecule has 0 aliphatic carbocycles. The Balaban J connectivity index is 2.09. The quantitative estimate of drug-likeness (QED) is 0.714. The first kappa shape index (κ1) is 12.0. The molecule has 2 aliphatic heterocycles. The lowest BCUT2D eigenvalue weighted by atomic mass is 9.96. The monoisotopic (exact) mass is 246 g/mol. The molecule has 0 saturated carbocycles. The molecule has 3 atom stereocenters. The molecule has 0 spiro atoms. The van der Waals surface area contributed by atoms with Crippen LogP contribution in [0.2, 0.25) is 0 Å². The van der Waals surface area contributed by atoms with Gasteiger partial charge >= 0.3 is 0 Å². The second-order valence-electron chi connectivity index (χ2n) is 4.74. The van der Waals surface area contributed by atoms with Crippen molar-refractivity contribution in [1.29, 1.82) is 0 Å². The van der Waals surface area contributed by atoms with Crippen LogP contribution in [0, 0.1) is 0 Å². The zero-order valence-corrected chi connectivity index (χ0v) is 10.1. The van der Waals surface area contributed by atoms with Gasteiger partial charge in [-0.1, -0.05) is 18.2 Å². The fourth-order valence-corrected chi connectivity index (χ4v) is 2.44. The average molecular weight is 247 g/mol. The maximum Gasteiger partial charge on any atom is 0.188 e. The van der Waals surface area contributed by atoms with Crippen LogP contribution in [0.5, 0.6) is 0 Å². The van der Waals surface area contributed by atoms with E-state index in [1.807, 2.05) is 13.8 Å². The summed E-state index contributed by atoms with van der Waals surface area (Å²) < 4.78 is 16.8. The van der Waals surface area contributed by atoms with Crippen molar-refractivity contribution < 1.29 is 19.0 Å². The molecule has 0 amide bonds. The van der Waals surface area contributed by atoms with Gasteiger partial charge in [0.2, 0.25) is 0 Å². The van der Waals surface area contributed by atoms with Crippen LogP contribution in [0.3, 0.4) is 0 Å². The first-order chi connectivity index (χ1) is 7.36. The minimum atomic E-state index is -0.940. The minimum absolute atomic E-state index is 0.212. The average Bonchev–Trinajstić information content (AvgIpc) is 2.53. The second-order valence-corrected chi connectivity index (χ2v) is 5.28. The van der Waals surface area contributed by atoms with Crippen LogP contribution in [-0.2, 0) is 19.0 Å². The molecule has 0 unspecified atom stereocenters. The molecular weight excluding hydrogens is 232 g/mol. The third kappa shape index (κ3) is 2.15. The van der Waals surface area contributed by atoms with Gasteiger partial charge in [-0.3, -0.25) is 0 Å². The number of rotatable bonds is 3. The molecule has 4 nitrogen and oxygen atoms in total. The van der Waals surface area contributed by atoms with Gasteiger partial charge in [0.05, 0.1) is 0 Å². The molecule has 2 aliphatic rings. The summed E-state index contributed by atoms with van der Waals surface area (Å²) in [6.45, 7) is 7.21. The summed E-state index contributed by atoms with van der Waals surface area (Å²) in [5, 5.41) is 0.395. The lowest BCUT2D eigenvalue weighted by Crippen LogP contribution is -2.34. The van der Waals surface area contributed by atoms with E-state index in [1.54, 1.807) is 0 Å². The van der Waals surface area contributed by atoms with Crippen LogP contribution in [0.25, 0.3) is 0 Å². The first-order valence-electron chi connectivity index (χ1n) is 5.19. The van der Waals surface area contributed by atoms with Crippen LogP contribution >= 0.6 is 11.6 Å². The highest BCUT2D eigenvalue weighted by atomic mass is 35.5. The third-order valence-electron chi connectivity index (χ3n) is 2.74. The Bertz CT molecular complexity index is 310. The van der Waals surface area contributed by atoms with E-state index in [2.05, 4.69) is 6.58 Å². The van der Waals surface area contributed by atoms with E-state index >= 15 is 0 Å². The van der Waals surface area contributed by atoms with Gasteiger partial charge in [0.25, 0.3) is 0 Å². The fourth-order valence-electron chi connectivity index (χ4n) is 2.22. The van der Waals surface area contributed by atoms with E-state index in [1.165, 1.54) is 0 Å². The normalized spacial score (nSPS) is 40.7. The summed E-state index contributed by atoms with van der Waals surface area (Å²) in [6, 6.07) is 0. The number of hydrogen-bond acceptors (Lipinski definition) is 4. The van der Waals surface area contributed by atoms with Crippen molar-refractivity contribution in [2.45, 2.75) is 50.5 Å². The SMILES string of the molecule is C=C(Cl)C[C@]1(C=O)C[C@H]2OC(C)(C)O[C@H]2O1. The summed E-state index contributed by atoms with van der Waals surface area (Å²) in [5.74, 6) is -0.650. The van der Waals surface area contributed by atoms with Gasteiger partial charge in [0, 0.05) is 17.9 Å². The number of carbonyl (C=O) groups excluding carboxylic acids is 1. The Morgan fingerprint density at radius 3 is 2.69 bits per heavy atom. The first-order valence-corrected chi connectivity index (χ1v) is 5.57. The summed E-state index contributed by atoms with van der Waals surface area (Å²) in [4.78, 5) is 11.1. The highest BCUT2D eigenvalue weighted by molar-refractivity contribution is 6.29.